The molecule has 0 aliphatic carbocycles. The van der Waals surface area contributed by atoms with E-state index in [0.29, 0.717) is 0 Å². The van der Waals surface area contributed by atoms with Crippen LogP contribution in [0.15, 0.2) is 77.0 Å². The van der Waals surface area contributed by atoms with Gasteiger partial charge in [0.15, 0.2) is 5.03 Å². The van der Waals surface area contributed by atoms with Crippen LogP contribution in [0.25, 0.3) is 10.9 Å². The van der Waals surface area contributed by atoms with E-state index in [1.165, 1.54) is 18.1 Å². The highest BCUT2D eigenvalue weighted by Gasteiger charge is 2.25. The summed E-state index contributed by atoms with van der Waals surface area (Å²) in [4.78, 5) is 25.0. The van der Waals surface area contributed by atoms with Gasteiger partial charge in [0.25, 0.3) is 0 Å². The normalized spacial score (nSPS) is 10.8. The van der Waals surface area contributed by atoms with Crippen molar-refractivity contribution in [3.8, 4) is 0 Å². The standard InChI is InChI=1S/C21H17N5O2S/c1-2-14-7-3-4-10-16(14)25-20-19(26(27)28)21(24-13-23-20)29-17-11-5-8-15-9-6-12-22-18(15)17/h3-13H,2H2,1H3,(H,23,24,25). The van der Waals surface area contributed by atoms with E-state index >= 15 is 0 Å². The molecule has 29 heavy (non-hydrogen) atoms. The molecule has 0 unspecified atom stereocenters. The second kappa shape index (κ2) is 8.24. The molecule has 2 aromatic carbocycles. The summed E-state index contributed by atoms with van der Waals surface area (Å²) >= 11 is 1.21. The largest absolute Gasteiger partial charge is 0.343 e. The molecular weight excluding hydrogens is 386 g/mol. The number of anilines is 2. The Morgan fingerprint density at radius 3 is 2.69 bits per heavy atom. The van der Waals surface area contributed by atoms with Crippen molar-refractivity contribution in [2.24, 2.45) is 0 Å². The minimum Gasteiger partial charge on any atom is -0.334 e. The first-order valence-corrected chi connectivity index (χ1v) is 9.85. The number of aryl methyl sites for hydroxylation is 1. The van der Waals surface area contributed by atoms with Crippen LogP contribution in [0.5, 0.6) is 0 Å². The summed E-state index contributed by atoms with van der Waals surface area (Å²) in [5.41, 5.74) is 2.46. The zero-order valence-electron chi connectivity index (χ0n) is 15.6. The van der Waals surface area contributed by atoms with Crippen molar-refractivity contribution in [3.05, 3.63) is 82.8 Å². The Morgan fingerprint density at radius 1 is 1.03 bits per heavy atom. The van der Waals surface area contributed by atoms with Crippen LogP contribution in [0.4, 0.5) is 17.2 Å². The monoisotopic (exact) mass is 403 g/mol. The van der Waals surface area contributed by atoms with Gasteiger partial charge in [-0.1, -0.05) is 55.1 Å². The molecule has 0 fully saturated rings. The molecule has 4 rings (SSSR count). The third kappa shape index (κ3) is 3.88. The Morgan fingerprint density at radius 2 is 1.86 bits per heavy atom. The minimum absolute atomic E-state index is 0.156. The van der Waals surface area contributed by atoms with Gasteiger partial charge >= 0.3 is 5.69 Å². The van der Waals surface area contributed by atoms with Gasteiger partial charge in [-0.25, -0.2) is 9.97 Å². The SMILES string of the molecule is CCc1ccccc1Nc1ncnc(Sc2cccc3cccnc23)c1[N+](=O)[O-]. The number of pyridine rings is 1. The van der Waals surface area contributed by atoms with Crippen LogP contribution < -0.4 is 5.32 Å². The molecule has 2 aromatic heterocycles. The van der Waals surface area contributed by atoms with Gasteiger partial charge in [0.05, 0.1) is 10.4 Å². The molecule has 0 radical (unpaired) electrons. The molecule has 0 aliphatic rings. The number of nitrogens with one attached hydrogen (secondary N) is 1. The van der Waals surface area contributed by atoms with Crippen molar-refractivity contribution in [2.45, 2.75) is 23.3 Å². The molecule has 0 amide bonds. The number of aromatic nitrogens is 3. The highest BCUT2D eigenvalue weighted by atomic mass is 32.2. The average molecular weight is 403 g/mol. The number of fused-ring (bicyclic) bond motifs is 1. The van der Waals surface area contributed by atoms with Crippen LogP contribution >= 0.6 is 11.8 Å². The molecule has 2 heterocycles. The second-order valence-corrected chi connectivity index (χ2v) is 7.23. The number of hydrogen-bond acceptors (Lipinski definition) is 7. The lowest BCUT2D eigenvalue weighted by molar-refractivity contribution is -0.387. The lowest BCUT2D eigenvalue weighted by Gasteiger charge is -2.11. The zero-order chi connectivity index (χ0) is 20.2. The fourth-order valence-electron chi connectivity index (χ4n) is 3.03. The molecule has 8 heteroatoms. The fraction of sp³-hybridized carbons (Fsp3) is 0.0952. The lowest BCUT2D eigenvalue weighted by Crippen LogP contribution is -2.04. The molecule has 0 saturated carbocycles. The van der Waals surface area contributed by atoms with Gasteiger partial charge in [0.2, 0.25) is 5.82 Å². The lowest BCUT2D eigenvalue weighted by atomic mass is 10.1. The summed E-state index contributed by atoms with van der Waals surface area (Å²) < 4.78 is 0. The number of benzene rings is 2. The number of nitrogens with zero attached hydrogens (tertiary/aromatic N) is 4. The number of rotatable bonds is 6. The number of hydrogen-bond donors (Lipinski definition) is 1. The van der Waals surface area contributed by atoms with E-state index in [2.05, 4.69) is 20.3 Å². The van der Waals surface area contributed by atoms with Crippen LogP contribution in [0.1, 0.15) is 12.5 Å². The Labute approximate surface area is 171 Å². The Balaban J connectivity index is 1.77. The second-order valence-electron chi connectivity index (χ2n) is 6.20. The van der Waals surface area contributed by atoms with Gasteiger partial charge in [-0.15, -0.1) is 0 Å². The molecule has 7 nitrogen and oxygen atoms in total. The Bertz CT molecular complexity index is 1190. The molecule has 0 atom stereocenters. The third-order valence-electron chi connectivity index (χ3n) is 4.42. The Kier molecular flexibility index (Phi) is 5.35. The third-order valence-corrected chi connectivity index (χ3v) is 5.47. The van der Waals surface area contributed by atoms with Crippen LogP contribution in [0.3, 0.4) is 0 Å². The molecule has 0 spiro atoms. The maximum atomic E-state index is 11.9. The quantitative estimate of drug-likeness (QED) is 0.262. The van der Waals surface area contributed by atoms with E-state index in [-0.39, 0.29) is 16.5 Å². The molecule has 0 aliphatic heterocycles. The molecular formula is C21H17N5O2S. The maximum Gasteiger partial charge on any atom is 0.343 e. The van der Waals surface area contributed by atoms with Crippen LogP contribution in [-0.2, 0) is 6.42 Å². The summed E-state index contributed by atoms with van der Waals surface area (Å²) in [5, 5.41) is 16.2. The first-order chi connectivity index (χ1) is 14.2. The first-order valence-electron chi connectivity index (χ1n) is 9.03. The van der Waals surface area contributed by atoms with Crippen LogP contribution in [-0.4, -0.2) is 19.9 Å². The topological polar surface area (TPSA) is 93.8 Å². The molecule has 144 valence electrons. The summed E-state index contributed by atoms with van der Waals surface area (Å²) in [6, 6.07) is 17.2. The zero-order valence-corrected chi connectivity index (χ0v) is 16.4. The molecule has 4 aromatic rings. The highest BCUT2D eigenvalue weighted by molar-refractivity contribution is 7.99. The van der Waals surface area contributed by atoms with Gasteiger partial charge in [-0.05, 0) is 30.2 Å². The van der Waals surface area contributed by atoms with E-state index in [1.807, 2.05) is 61.5 Å². The first kappa shape index (κ1) is 18.8. The fourth-order valence-corrected chi connectivity index (χ4v) is 4.02. The summed E-state index contributed by atoms with van der Waals surface area (Å²) in [6.45, 7) is 2.03. The van der Waals surface area contributed by atoms with Gasteiger partial charge in [-0.3, -0.25) is 15.1 Å². The Hall–Kier alpha value is -3.52. The number of nitro groups is 1. The molecule has 0 bridgehead atoms. The van der Waals surface area contributed by atoms with E-state index < -0.39 is 4.92 Å². The van der Waals surface area contributed by atoms with Crippen molar-refractivity contribution >= 4 is 39.9 Å². The summed E-state index contributed by atoms with van der Waals surface area (Å²) in [7, 11) is 0. The van der Waals surface area contributed by atoms with Gasteiger partial charge < -0.3 is 5.32 Å². The predicted molar refractivity (Wildman–Crippen MR) is 114 cm³/mol. The average Bonchev–Trinajstić information content (AvgIpc) is 2.74. The van der Waals surface area contributed by atoms with Crippen molar-refractivity contribution in [1.29, 1.82) is 0 Å². The van der Waals surface area contributed by atoms with E-state index in [1.54, 1.807) is 6.20 Å². The van der Waals surface area contributed by atoms with Crippen LogP contribution in [0.2, 0.25) is 0 Å². The minimum atomic E-state index is -0.447. The number of para-hydroxylation sites is 2. The maximum absolute atomic E-state index is 11.9. The van der Waals surface area contributed by atoms with Crippen molar-refractivity contribution < 1.29 is 4.92 Å². The summed E-state index contributed by atoms with van der Waals surface area (Å²) in [6.07, 6.45) is 3.84. The van der Waals surface area contributed by atoms with E-state index in [9.17, 15) is 10.1 Å². The highest BCUT2D eigenvalue weighted by Crippen LogP contribution is 2.39. The predicted octanol–water partition coefficient (Wildman–Crippen LogP) is 5.39. The molecule has 0 saturated heterocycles. The van der Waals surface area contributed by atoms with Crippen LogP contribution in [0, 0.1) is 10.1 Å². The van der Waals surface area contributed by atoms with Gasteiger partial charge in [0.1, 0.15) is 6.33 Å². The van der Waals surface area contributed by atoms with Crippen molar-refractivity contribution in [3.63, 3.8) is 0 Å². The van der Waals surface area contributed by atoms with Gasteiger partial charge in [-0.2, -0.15) is 0 Å². The van der Waals surface area contributed by atoms with Crippen molar-refractivity contribution in [1.82, 2.24) is 15.0 Å². The van der Waals surface area contributed by atoms with E-state index in [0.717, 1.165) is 33.5 Å². The molecule has 1 N–H and O–H groups in total. The van der Waals surface area contributed by atoms with Crippen molar-refractivity contribution in [2.75, 3.05) is 5.32 Å². The summed E-state index contributed by atoms with van der Waals surface area (Å²) in [5.74, 6) is 0.168. The van der Waals surface area contributed by atoms with E-state index in [4.69, 9.17) is 0 Å². The smallest absolute Gasteiger partial charge is 0.334 e. The van der Waals surface area contributed by atoms with Gasteiger partial charge in [0, 0.05) is 22.2 Å².